The lowest BCUT2D eigenvalue weighted by atomic mass is 9.94. The summed E-state index contributed by atoms with van der Waals surface area (Å²) in [6.45, 7) is -0.389. The largest absolute Gasteiger partial charge is 0.504 e. The van der Waals surface area contributed by atoms with Crippen LogP contribution in [0, 0.1) is 0 Å². The summed E-state index contributed by atoms with van der Waals surface area (Å²) < 4.78 is 21.4. The first-order valence-electron chi connectivity index (χ1n) is 7.52. The Bertz CT molecular complexity index is 806. The topological polar surface area (TPSA) is 94.5 Å². The molecule has 0 radical (unpaired) electrons. The number of fused-ring (bicyclic) bond motifs is 1. The molecule has 1 aliphatic rings. The number of carbonyl (C=O) groups excluding carboxylic acids is 1. The lowest BCUT2D eigenvalue weighted by molar-refractivity contribution is 0.0447. The Balaban J connectivity index is 2.28. The van der Waals surface area contributed by atoms with Crippen LogP contribution < -0.4 is 14.2 Å². The van der Waals surface area contributed by atoms with Crippen molar-refractivity contribution in [2.45, 2.75) is 12.7 Å². The first-order valence-corrected chi connectivity index (χ1v) is 7.52. The lowest BCUT2D eigenvalue weighted by Crippen LogP contribution is -2.06. The van der Waals surface area contributed by atoms with Crippen LogP contribution in [0.25, 0.3) is 0 Å². The molecule has 3 rings (SSSR count). The molecule has 1 heterocycles. The number of ether oxygens (including phenoxy) is 4. The van der Waals surface area contributed by atoms with Crippen molar-refractivity contribution in [1.29, 1.82) is 0 Å². The van der Waals surface area contributed by atoms with Crippen molar-refractivity contribution in [2.24, 2.45) is 0 Å². The van der Waals surface area contributed by atoms with Crippen LogP contribution in [0.1, 0.15) is 33.2 Å². The minimum Gasteiger partial charge on any atom is -0.504 e. The SMILES string of the molecule is COc1cccc(OC)c1[C@H]1OC(=O)c2cc(CO)c(OC)c(O)c21. The van der Waals surface area contributed by atoms with Crippen LogP contribution in [-0.2, 0) is 11.3 Å². The highest BCUT2D eigenvalue weighted by Crippen LogP contribution is 2.50. The van der Waals surface area contributed by atoms with Crippen molar-refractivity contribution >= 4 is 5.97 Å². The van der Waals surface area contributed by atoms with Crippen molar-refractivity contribution in [3.63, 3.8) is 0 Å². The third kappa shape index (κ3) is 2.53. The zero-order valence-corrected chi connectivity index (χ0v) is 14.0. The molecule has 1 aliphatic heterocycles. The number of aliphatic hydroxyl groups excluding tert-OH is 1. The number of aliphatic hydroxyl groups is 1. The second-order valence-electron chi connectivity index (χ2n) is 5.40. The van der Waals surface area contributed by atoms with E-state index in [2.05, 4.69) is 0 Å². The van der Waals surface area contributed by atoms with Gasteiger partial charge in [0.25, 0.3) is 0 Å². The van der Waals surface area contributed by atoms with Crippen LogP contribution in [-0.4, -0.2) is 37.5 Å². The zero-order chi connectivity index (χ0) is 18.1. The van der Waals surface area contributed by atoms with E-state index in [4.69, 9.17) is 18.9 Å². The molecule has 0 saturated carbocycles. The zero-order valence-electron chi connectivity index (χ0n) is 14.0. The highest BCUT2D eigenvalue weighted by Gasteiger charge is 2.40. The number of esters is 1. The first kappa shape index (κ1) is 16.9. The fourth-order valence-electron chi connectivity index (χ4n) is 3.07. The molecule has 2 aromatic carbocycles. The number of aromatic hydroxyl groups is 1. The van der Waals surface area contributed by atoms with Crippen molar-refractivity contribution in [3.05, 3.63) is 46.5 Å². The van der Waals surface area contributed by atoms with Crippen LogP contribution >= 0.6 is 0 Å². The Labute approximate surface area is 144 Å². The molecule has 1 atom stereocenters. The molecule has 0 fully saturated rings. The molecule has 0 aromatic heterocycles. The predicted molar refractivity (Wildman–Crippen MR) is 87.4 cm³/mol. The summed E-state index contributed by atoms with van der Waals surface area (Å²) in [6, 6.07) is 6.62. The molecule has 0 amide bonds. The molecule has 0 bridgehead atoms. The Kier molecular flexibility index (Phi) is 4.41. The van der Waals surface area contributed by atoms with Gasteiger partial charge in [-0.15, -0.1) is 0 Å². The molecule has 0 aliphatic carbocycles. The van der Waals surface area contributed by atoms with Crippen LogP contribution in [0.5, 0.6) is 23.0 Å². The number of carbonyl (C=O) groups is 1. The highest BCUT2D eigenvalue weighted by atomic mass is 16.6. The van der Waals surface area contributed by atoms with Crippen LogP contribution in [0.4, 0.5) is 0 Å². The Morgan fingerprint density at radius 3 is 2.24 bits per heavy atom. The number of hydrogen-bond donors (Lipinski definition) is 2. The second kappa shape index (κ2) is 6.52. The number of cyclic esters (lactones) is 1. The third-order valence-corrected chi connectivity index (χ3v) is 4.18. The van der Waals surface area contributed by atoms with Gasteiger partial charge in [-0.1, -0.05) is 6.07 Å². The molecule has 0 spiro atoms. The number of phenols is 1. The molecule has 7 heteroatoms. The van der Waals surface area contributed by atoms with Crippen molar-refractivity contribution in [3.8, 4) is 23.0 Å². The molecule has 25 heavy (non-hydrogen) atoms. The van der Waals surface area contributed by atoms with Crippen LogP contribution in [0.3, 0.4) is 0 Å². The van der Waals surface area contributed by atoms with Gasteiger partial charge >= 0.3 is 5.97 Å². The van der Waals surface area contributed by atoms with Gasteiger partial charge in [0, 0.05) is 5.56 Å². The summed E-state index contributed by atoms with van der Waals surface area (Å²) >= 11 is 0. The van der Waals surface area contributed by atoms with Gasteiger partial charge in [-0.05, 0) is 18.2 Å². The van der Waals surface area contributed by atoms with Gasteiger partial charge < -0.3 is 29.2 Å². The Hall–Kier alpha value is -2.93. The molecule has 0 saturated heterocycles. The normalized spacial score (nSPS) is 15.5. The lowest BCUT2D eigenvalue weighted by Gasteiger charge is -2.19. The second-order valence-corrected chi connectivity index (χ2v) is 5.40. The van der Waals surface area contributed by atoms with E-state index in [1.165, 1.54) is 27.4 Å². The van der Waals surface area contributed by atoms with Gasteiger partial charge in [-0.25, -0.2) is 4.79 Å². The molecule has 0 unspecified atom stereocenters. The summed E-state index contributed by atoms with van der Waals surface area (Å²) in [5.41, 5.74) is 1.19. The van der Waals surface area contributed by atoms with E-state index >= 15 is 0 Å². The first-order chi connectivity index (χ1) is 12.1. The number of methoxy groups -OCH3 is 3. The van der Waals surface area contributed by atoms with Crippen molar-refractivity contribution in [2.75, 3.05) is 21.3 Å². The predicted octanol–water partition coefficient (Wildman–Crippen LogP) is 2.17. The maximum atomic E-state index is 12.3. The Morgan fingerprint density at radius 2 is 1.72 bits per heavy atom. The molecule has 2 aromatic rings. The van der Waals surface area contributed by atoms with E-state index in [1.54, 1.807) is 18.2 Å². The number of rotatable bonds is 5. The molecule has 132 valence electrons. The summed E-state index contributed by atoms with van der Waals surface area (Å²) in [4.78, 5) is 12.3. The van der Waals surface area contributed by atoms with E-state index in [0.717, 1.165) is 0 Å². The number of benzene rings is 2. The fourth-order valence-corrected chi connectivity index (χ4v) is 3.07. The van der Waals surface area contributed by atoms with E-state index in [1.807, 2.05) is 0 Å². The third-order valence-electron chi connectivity index (χ3n) is 4.18. The average Bonchev–Trinajstić information content (AvgIpc) is 2.97. The number of phenolic OH excluding ortho intramolecular Hbond substituents is 1. The van der Waals surface area contributed by atoms with Gasteiger partial charge in [0.1, 0.15) is 11.5 Å². The quantitative estimate of drug-likeness (QED) is 0.801. The fraction of sp³-hybridized carbons (Fsp3) is 0.278. The molecular weight excluding hydrogens is 328 g/mol. The monoisotopic (exact) mass is 346 g/mol. The van der Waals surface area contributed by atoms with Crippen LogP contribution in [0.15, 0.2) is 24.3 Å². The molecule has 2 N–H and O–H groups in total. The van der Waals surface area contributed by atoms with Gasteiger partial charge in [0.05, 0.1) is 44.6 Å². The van der Waals surface area contributed by atoms with Gasteiger partial charge in [-0.2, -0.15) is 0 Å². The van der Waals surface area contributed by atoms with Gasteiger partial charge in [-0.3, -0.25) is 0 Å². The van der Waals surface area contributed by atoms with Gasteiger partial charge in [0.2, 0.25) is 0 Å². The summed E-state index contributed by atoms with van der Waals surface area (Å²) in [5.74, 6) is 0.135. The molecular formula is C18H18O7. The highest BCUT2D eigenvalue weighted by molar-refractivity contribution is 5.96. The maximum absolute atomic E-state index is 12.3. The molecule has 7 nitrogen and oxygen atoms in total. The van der Waals surface area contributed by atoms with E-state index < -0.39 is 12.1 Å². The minimum atomic E-state index is -0.921. The van der Waals surface area contributed by atoms with E-state index in [0.29, 0.717) is 22.6 Å². The summed E-state index contributed by atoms with van der Waals surface area (Å²) in [6.07, 6.45) is -0.921. The van der Waals surface area contributed by atoms with Crippen molar-refractivity contribution < 1.29 is 34.0 Å². The Morgan fingerprint density at radius 1 is 1.08 bits per heavy atom. The van der Waals surface area contributed by atoms with Crippen molar-refractivity contribution in [1.82, 2.24) is 0 Å². The average molecular weight is 346 g/mol. The maximum Gasteiger partial charge on any atom is 0.339 e. The minimum absolute atomic E-state index is 0.0958. The van der Waals surface area contributed by atoms with E-state index in [-0.39, 0.29) is 29.2 Å². The summed E-state index contributed by atoms with van der Waals surface area (Å²) in [7, 11) is 4.35. The van der Waals surface area contributed by atoms with E-state index in [9.17, 15) is 15.0 Å². The summed E-state index contributed by atoms with van der Waals surface area (Å²) in [5, 5.41) is 20.1. The standard InChI is InChI=1S/C18H18O7/c1-22-11-5-4-6-12(23-2)14(11)17-13-10(18(21)25-17)7-9(8-19)16(24-3)15(13)20/h4-7,17,19-20H,8H2,1-3H3/t17-/m0/s1. The van der Waals surface area contributed by atoms with Crippen LogP contribution in [0.2, 0.25) is 0 Å². The smallest absolute Gasteiger partial charge is 0.339 e. The number of hydrogen-bond acceptors (Lipinski definition) is 7. The van der Waals surface area contributed by atoms with Gasteiger partial charge in [0.15, 0.2) is 17.6 Å².